The molecule has 1 atom stereocenters. The number of halogens is 3. The van der Waals surface area contributed by atoms with Gasteiger partial charge in [0.05, 0.1) is 35.6 Å². The number of fused-ring (bicyclic) bond motifs is 1. The van der Waals surface area contributed by atoms with E-state index in [0.717, 1.165) is 30.8 Å². The van der Waals surface area contributed by atoms with Crippen molar-refractivity contribution in [3.05, 3.63) is 54.2 Å². The Kier molecular flexibility index (Phi) is 5.12. The number of pyridine rings is 1. The van der Waals surface area contributed by atoms with Crippen LogP contribution in [0, 0.1) is 0 Å². The lowest BCUT2D eigenvalue weighted by Gasteiger charge is -2.22. The molecule has 0 bridgehead atoms. The molecule has 0 radical (unpaired) electrons. The van der Waals surface area contributed by atoms with Crippen molar-refractivity contribution < 1.29 is 23.0 Å². The van der Waals surface area contributed by atoms with Crippen LogP contribution in [0.15, 0.2) is 48.7 Å². The Morgan fingerprint density at radius 3 is 2.55 bits per heavy atom. The third-order valence-corrected chi connectivity index (χ3v) is 5.58. The quantitative estimate of drug-likeness (QED) is 0.499. The maximum Gasteiger partial charge on any atom is 0.416 e. The van der Waals surface area contributed by atoms with Gasteiger partial charge < -0.3 is 14.7 Å². The summed E-state index contributed by atoms with van der Waals surface area (Å²) in [6.07, 6.45) is -1.85. The average Bonchev–Trinajstić information content (AvgIpc) is 3.41. The van der Waals surface area contributed by atoms with E-state index in [2.05, 4.69) is 20.2 Å². The van der Waals surface area contributed by atoms with Gasteiger partial charge in [-0.05, 0) is 49.2 Å². The van der Waals surface area contributed by atoms with Gasteiger partial charge in [-0.2, -0.15) is 13.2 Å². The highest BCUT2D eigenvalue weighted by molar-refractivity contribution is 5.83. The van der Waals surface area contributed by atoms with Crippen molar-refractivity contribution in [2.45, 2.75) is 25.2 Å². The van der Waals surface area contributed by atoms with Gasteiger partial charge >= 0.3 is 6.18 Å². The first-order valence-electron chi connectivity index (χ1n) is 10.2. The zero-order valence-electron chi connectivity index (χ0n) is 17.5. The molecule has 1 aliphatic rings. The average molecular weight is 456 g/mol. The van der Waals surface area contributed by atoms with Crippen molar-refractivity contribution in [3.8, 4) is 23.2 Å². The van der Waals surface area contributed by atoms with Crippen LogP contribution in [0.3, 0.4) is 0 Å². The van der Waals surface area contributed by atoms with Crippen LogP contribution in [0.4, 0.5) is 18.9 Å². The number of anilines is 1. The third-order valence-electron chi connectivity index (χ3n) is 5.58. The summed E-state index contributed by atoms with van der Waals surface area (Å²) in [7, 11) is 1.46. The summed E-state index contributed by atoms with van der Waals surface area (Å²) in [4.78, 5) is 10.8. The maximum atomic E-state index is 13.3. The Bertz CT molecular complexity index is 1290. The smallest absolute Gasteiger partial charge is 0.416 e. The number of ether oxygens (including phenoxy) is 1. The molecule has 0 spiro atoms. The monoisotopic (exact) mass is 456 g/mol. The van der Waals surface area contributed by atoms with E-state index in [9.17, 15) is 18.3 Å². The lowest BCUT2D eigenvalue weighted by atomic mass is 10.2. The van der Waals surface area contributed by atoms with Crippen LogP contribution in [0.2, 0.25) is 0 Å². The third kappa shape index (κ3) is 3.84. The molecule has 1 N–H and O–H groups in total. The van der Waals surface area contributed by atoms with E-state index in [1.54, 1.807) is 35.0 Å². The van der Waals surface area contributed by atoms with Gasteiger partial charge in [-0.3, -0.25) is 9.55 Å². The Morgan fingerprint density at radius 2 is 1.94 bits per heavy atom. The lowest BCUT2D eigenvalue weighted by molar-refractivity contribution is -0.137. The van der Waals surface area contributed by atoms with Crippen LogP contribution in [-0.4, -0.2) is 49.7 Å². The number of methoxy groups -OCH3 is 1. The summed E-state index contributed by atoms with van der Waals surface area (Å²) >= 11 is 0. The van der Waals surface area contributed by atoms with Crippen LogP contribution in [0.5, 0.6) is 5.88 Å². The number of nitrogens with zero attached hydrogens (tertiary/aromatic N) is 6. The molecule has 5 rings (SSSR count). The molecule has 0 aliphatic carbocycles. The first-order chi connectivity index (χ1) is 15.8. The van der Waals surface area contributed by atoms with Gasteiger partial charge in [0.1, 0.15) is 11.9 Å². The molecule has 170 valence electrons. The lowest BCUT2D eigenvalue weighted by Crippen LogP contribution is -2.28. The first-order valence-corrected chi connectivity index (χ1v) is 10.2. The standard InChI is InChI=1S/C22H19F3N6O2/c1-33-19-9-8-18(28-29-19)31-17-7-4-13(22(23,24)25)11-16(17)27-21(31)15-6-5-14(12-26-15)30-10-2-3-20(30)32/h4-9,11-12,20,32H,2-3,10H2,1H3. The molecule has 0 saturated carbocycles. The molecular weight excluding hydrogens is 437 g/mol. The zero-order chi connectivity index (χ0) is 23.2. The predicted octanol–water partition coefficient (Wildman–Crippen LogP) is 3.82. The summed E-state index contributed by atoms with van der Waals surface area (Å²) in [5.41, 5.74) is 0.986. The largest absolute Gasteiger partial charge is 0.480 e. The van der Waals surface area contributed by atoms with Gasteiger partial charge in [-0.1, -0.05) is 0 Å². The summed E-state index contributed by atoms with van der Waals surface area (Å²) in [6.45, 7) is 0.725. The van der Waals surface area contributed by atoms with Crippen LogP contribution < -0.4 is 9.64 Å². The number of aliphatic hydroxyl groups excluding tert-OH is 1. The van der Waals surface area contributed by atoms with Crippen molar-refractivity contribution in [1.29, 1.82) is 0 Å². The van der Waals surface area contributed by atoms with Gasteiger partial charge in [0, 0.05) is 12.6 Å². The van der Waals surface area contributed by atoms with Gasteiger partial charge in [-0.15, -0.1) is 10.2 Å². The van der Waals surface area contributed by atoms with E-state index in [0.29, 0.717) is 35.2 Å². The fraction of sp³-hybridized carbons (Fsp3) is 0.273. The number of aliphatic hydroxyl groups is 1. The van der Waals surface area contributed by atoms with Gasteiger partial charge in [0.2, 0.25) is 5.88 Å². The minimum absolute atomic E-state index is 0.151. The number of alkyl halides is 3. The van der Waals surface area contributed by atoms with E-state index in [-0.39, 0.29) is 5.52 Å². The molecule has 1 fully saturated rings. The predicted molar refractivity (Wildman–Crippen MR) is 114 cm³/mol. The van der Waals surface area contributed by atoms with E-state index in [1.807, 2.05) is 4.90 Å². The van der Waals surface area contributed by atoms with Crippen molar-refractivity contribution in [2.24, 2.45) is 0 Å². The van der Waals surface area contributed by atoms with Crippen molar-refractivity contribution in [1.82, 2.24) is 24.7 Å². The van der Waals surface area contributed by atoms with E-state index < -0.39 is 18.0 Å². The fourth-order valence-corrected chi connectivity index (χ4v) is 3.94. The van der Waals surface area contributed by atoms with Crippen LogP contribution in [0.25, 0.3) is 28.4 Å². The fourth-order valence-electron chi connectivity index (χ4n) is 3.94. The Balaban J connectivity index is 1.64. The van der Waals surface area contributed by atoms with Crippen LogP contribution in [0.1, 0.15) is 18.4 Å². The number of hydrogen-bond acceptors (Lipinski definition) is 7. The van der Waals surface area contributed by atoms with E-state index in [1.165, 1.54) is 13.2 Å². The highest BCUT2D eigenvalue weighted by Gasteiger charge is 2.31. The van der Waals surface area contributed by atoms with Crippen molar-refractivity contribution in [2.75, 3.05) is 18.6 Å². The second kappa shape index (κ2) is 8.00. The molecular formula is C22H19F3N6O2. The number of aromatic nitrogens is 5. The molecule has 33 heavy (non-hydrogen) atoms. The van der Waals surface area contributed by atoms with Crippen molar-refractivity contribution >= 4 is 16.7 Å². The zero-order valence-corrected chi connectivity index (χ0v) is 17.5. The molecule has 8 nitrogen and oxygen atoms in total. The molecule has 3 aromatic heterocycles. The number of benzene rings is 1. The molecule has 11 heteroatoms. The second-order valence-electron chi connectivity index (χ2n) is 7.62. The van der Waals surface area contributed by atoms with Crippen molar-refractivity contribution in [3.63, 3.8) is 0 Å². The Labute approximate surface area is 186 Å². The normalized spacial score (nSPS) is 16.5. The van der Waals surface area contributed by atoms with Gasteiger partial charge in [0.25, 0.3) is 0 Å². The molecule has 0 amide bonds. The topological polar surface area (TPSA) is 89.2 Å². The number of rotatable bonds is 4. The van der Waals surface area contributed by atoms with Crippen LogP contribution >= 0.6 is 0 Å². The second-order valence-corrected chi connectivity index (χ2v) is 7.62. The number of hydrogen-bond donors (Lipinski definition) is 1. The van der Waals surface area contributed by atoms with E-state index >= 15 is 0 Å². The maximum absolute atomic E-state index is 13.3. The van der Waals surface area contributed by atoms with Gasteiger partial charge in [0.15, 0.2) is 11.6 Å². The first kappa shape index (κ1) is 21.1. The minimum atomic E-state index is -4.49. The molecule has 4 aromatic rings. The minimum Gasteiger partial charge on any atom is -0.480 e. The summed E-state index contributed by atoms with van der Waals surface area (Å²) < 4.78 is 46.5. The summed E-state index contributed by atoms with van der Waals surface area (Å²) in [5, 5.41) is 18.2. The molecule has 1 aromatic carbocycles. The Hall–Kier alpha value is -3.73. The Morgan fingerprint density at radius 1 is 1.09 bits per heavy atom. The van der Waals surface area contributed by atoms with Gasteiger partial charge in [-0.25, -0.2) is 4.98 Å². The SMILES string of the molecule is COc1ccc(-n2c(-c3ccc(N4CCCC4O)cn3)nc3cc(C(F)(F)F)ccc32)nn1. The molecule has 1 saturated heterocycles. The van der Waals surface area contributed by atoms with E-state index in [4.69, 9.17) is 4.74 Å². The molecule has 4 heterocycles. The molecule has 1 unspecified atom stereocenters. The highest BCUT2D eigenvalue weighted by Crippen LogP contribution is 2.34. The summed E-state index contributed by atoms with van der Waals surface area (Å²) in [5.74, 6) is 0.974. The van der Waals surface area contributed by atoms with Crippen LogP contribution in [-0.2, 0) is 6.18 Å². The highest BCUT2D eigenvalue weighted by atomic mass is 19.4. The summed E-state index contributed by atoms with van der Waals surface area (Å²) in [6, 6.07) is 10.1. The molecule has 1 aliphatic heterocycles. The number of imidazole rings is 1.